The minimum Gasteiger partial charge on any atom is -0.0740 e. The summed E-state index contributed by atoms with van der Waals surface area (Å²) in [5, 5.41) is 0. The van der Waals surface area contributed by atoms with E-state index in [0.717, 1.165) is 36.8 Å². The number of hydrogen-bond donors (Lipinski definition) is 0. The van der Waals surface area contributed by atoms with E-state index in [2.05, 4.69) is 109 Å². The zero-order chi connectivity index (χ0) is 22.0. The Morgan fingerprint density at radius 3 is 1.00 bits per heavy atom. The Bertz CT molecular complexity index is 1010. The first-order valence-electron chi connectivity index (χ1n) is 11.4. The minimum atomic E-state index is -1.29. The highest BCUT2D eigenvalue weighted by molar-refractivity contribution is 7.42. The van der Waals surface area contributed by atoms with Gasteiger partial charge in [-0.15, -0.1) is 0 Å². The van der Waals surface area contributed by atoms with Crippen LogP contribution in [-0.2, 0) is 42.6 Å². The first-order valence-corrected chi connectivity index (χ1v) is 13.0. The van der Waals surface area contributed by atoms with Crippen molar-refractivity contribution in [2.24, 2.45) is 0 Å². The number of rotatable bonds is 10. The van der Waals surface area contributed by atoms with Crippen LogP contribution in [0.2, 0.25) is 0 Å². The number of benzene rings is 4. The Morgan fingerprint density at radius 1 is 0.375 bits per heavy atom. The van der Waals surface area contributed by atoms with Crippen LogP contribution in [0.5, 0.6) is 0 Å². The second-order valence-corrected chi connectivity index (χ2v) is 10.00. The van der Waals surface area contributed by atoms with Crippen LogP contribution in [0.4, 0.5) is 0 Å². The van der Waals surface area contributed by atoms with E-state index < -0.39 is 7.80 Å². The molecular formula is C30H30OP+. The lowest BCUT2D eigenvalue weighted by atomic mass is 10.0. The zero-order valence-electron chi connectivity index (χ0n) is 18.5. The molecule has 0 fully saturated rings. The van der Waals surface area contributed by atoms with E-state index in [0.29, 0.717) is 12.3 Å². The molecule has 1 nitrogen and oxygen atoms in total. The normalized spacial score (nSPS) is 10.8. The predicted octanol–water partition coefficient (Wildman–Crippen LogP) is 7.78. The second kappa shape index (κ2) is 11.6. The fraction of sp³-hybridized carbons (Fsp3) is 0.200. The monoisotopic (exact) mass is 437 g/mol. The molecule has 0 aliphatic heterocycles. The van der Waals surface area contributed by atoms with Gasteiger partial charge in [0, 0.05) is 0 Å². The predicted molar refractivity (Wildman–Crippen MR) is 136 cm³/mol. The first kappa shape index (κ1) is 22.2. The SMILES string of the molecule is O=[P+](Cc1ccc(CCc2ccccc2)cc1)Cc1ccc(CCc2ccccc2)cc1. The lowest BCUT2D eigenvalue weighted by Gasteiger charge is -2.03. The van der Waals surface area contributed by atoms with Gasteiger partial charge in [-0.2, -0.15) is 0 Å². The van der Waals surface area contributed by atoms with Crippen molar-refractivity contribution < 1.29 is 4.57 Å². The van der Waals surface area contributed by atoms with E-state index >= 15 is 0 Å². The summed E-state index contributed by atoms with van der Waals surface area (Å²) in [7, 11) is -1.29. The van der Waals surface area contributed by atoms with E-state index in [4.69, 9.17) is 0 Å². The summed E-state index contributed by atoms with van der Waals surface area (Å²) in [4.78, 5) is 0. The maximum Gasteiger partial charge on any atom is 0.348 e. The van der Waals surface area contributed by atoms with E-state index in [9.17, 15) is 4.57 Å². The van der Waals surface area contributed by atoms with Crippen LogP contribution in [0.1, 0.15) is 33.4 Å². The molecule has 0 amide bonds. The van der Waals surface area contributed by atoms with Gasteiger partial charge in [0.05, 0.1) is 0 Å². The molecule has 2 heteroatoms. The van der Waals surface area contributed by atoms with Gasteiger partial charge >= 0.3 is 7.80 Å². The number of hydrogen-bond acceptors (Lipinski definition) is 1. The lowest BCUT2D eigenvalue weighted by molar-refractivity contribution is 0.586. The molecule has 4 aromatic carbocycles. The molecule has 0 aliphatic carbocycles. The van der Waals surface area contributed by atoms with Crippen molar-refractivity contribution in [1.29, 1.82) is 0 Å². The fourth-order valence-corrected chi connectivity index (χ4v) is 5.30. The zero-order valence-corrected chi connectivity index (χ0v) is 19.4. The van der Waals surface area contributed by atoms with E-state index in [1.54, 1.807) is 0 Å². The summed E-state index contributed by atoms with van der Waals surface area (Å²) in [5.74, 6) is 0. The quantitative estimate of drug-likeness (QED) is 0.231. The van der Waals surface area contributed by atoms with Gasteiger partial charge in [0.25, 0.3) is 0 Å². The molecule has 0 atom stereocenters. The highest BCUT2D eigenvalue weighted by atomic mass is 31.1. The third-order valence-electron chi connectivity index (χ3n) is 5.85. The van der Waals surface area contributed by atoms with Gasteiger partial charge in [-0.1, -0.05) is 114 Å². The molecule has 0 N–H and O–H groups in total. The number of aryl methyl sites for hydroxylation is 4. The Labute approximate surface area is 192 Å². The maximum absolute atomic E-state index is 12.7. The largest absolute Gasteiger partial charge is 0.348 e. The van der Waals surface area contributed by atoms with E-state index in [-0.39, 0.29) is 0 Å². The van der Waals surface area contributed by atoms with Gasteiger partial charge in [-0.05, 0) is 59.1 Å². The van der Waals surface area contributed by atoms with Crippen molar-refractivity contribution in [3.8, 4) is 0 Å². The van der Waals surface area contributed by atoms with Crippen LogP contribution in [-0.4, -0.2) is 0 Å². The van der Waals surface area contributed by atoms with Crippen molar-refractivity contribution >= 4 is 7.80 Å². The smallest absolute Gasteiger partial charge is 0.0740 e. The third-order valence-corrected chi connectivity index (χ3v) is 7.29. The lowest BCUT2D eigenvalue weighted by Crippen LogP contribution is -1.92. The molecule has 0 saturated carbocycles. The topological polar surface area (TPSA) is 17.1 Å². The molecule has 160 valence electrons. The summed E-state index contributed by atoms with van der Waals surface area (Å²) >= 11 is 0. The van der Waals surface area contributed by atoms with Crippen molar-refractivity contribution in [3.63, 3.8) is 0 Å². The van der Waals surface area contributed by atoms with Gasteiger partial charge in [-0.3, -0.25) is 0 Å². The Hall–Kier alpha value is -3.02. The maximum atomic E-state index is 12.7. The molecular weight excluding hydrogens is 407 g/mol. The van der Waals surface area contributed by atoms with Crippen molar-refractivity contribution in [1.82, 2.24) is 0 Å². The summed E-state index contributed by atoms with van der Waals surface area (Å²) < 4.78 is 12.7. The molecule has 0 aliphatic rings. The molecule has 4 rings (SSSR count). The fourth-order valence-electron chi connectivity index (χ4n) is 3.95. The summed E-state index contributed by atoms with van der Waals surface area (Å²) in [6.07, 6.45) is 5.46. The Morgan fingerprint density at radius 2 is 0.656 bits per heavy atom. The van der Waals surface area contributed by atoms with Crippen LogP contribution in [0, 0.1) is 0 Å². The minimum absolute atomic E-state index is 0.643. The molecule has 0 aromatic heterocycles. The van der Waals surface area contributed by atoms with Gasteiger partial charge in [-0.25, -0.2) is 0 Å². The molecule has 32 heavy (non-hydrogen) atoms. The van der Waals surface area contributed by atoms with Gasteiger partial charge < -0.3 is 0 Å². The van der Waals surface area contributed by atoms with Crippen molar-refractivity contribution in [2.75, 3.05) is 0 Å². The van der Waals surface area contributed by atoms with E-state index in [1.165, 1.54) is 22.3 Å². The average Bonchev–Trinajstić information content (AvgIpc) is 2.84. The Balaban J connectivity index is 1.23. The highest BCUT2D eigenvalue weighted by Gasteiger charge is 2.17. The highest BCUT2D eigenvalue weighted by Crippen LogP contribution is 2.31. The van der Waals surface area contributed by atoms with Gasteiger partial charge in [0.2, 0.25) is 0 Å². The van der Waals surface area contributed by atoms with Gasteiger partial charge in [0.15, 0.2) is 12.3 Å². The van der Waals surface area contributed by atoms with Gasteiger partial charge in [0.1, 0.15) is 0 Å². The average molecular weight is 438 g/mol. The summed E-state index contributed by atoms with van der Waals surface area (Å²) in [6, 6.07) is 38.5. The van der Waals surface area contributed by atoms with Crippen LogP contribution in [0.3, 0.4) is 0 Å². The van der Waals surface area contributed by atoms with Crippen LogP contribution >= 0.6 is 7.80 Å². The standard InChI is InChI=1S/C30H30OP/c31-32(23-29-19-15-27(16-20-29)13-11-25-7-3-1-4-8-25)24-30-21-17-28(18-22-30)14-12-26-9-5-2-6-10-26/h1-10,15-22H,11-14,23-24H2/q+1. The molecule has 0 saturated heterocycles. The Kier molecular flexibility index (Phi) is 8.01. The third kappa shape index (κ3) is 7.01. The molecule has 0 unspecified atom stereocenters. The van der Waals surface area contributed by atoms with Crippen molar-refractivity contribution in [3.05, 3.63) is 143 Å². The van der Waals surface area contributed by atoms with Crippen molar-refractivity contribution in [2.45, 2.75) is 38.0 Å². The molecule has 4 aromatic rings. The van der Waals surface area contributed by atoms with E-state index in [1.807, 2.05) is 0 Å². The van der Waals surface area contributed by atoms with Crippen LogP contribution in [0.25, 0.3) is 0 Å². The summed E-state index contributed by atoms with van der Waals surface area (Å²) in [6.45, 7) is 0. The molecule has 0 spiro atoms. The van der Waals surface area contributed by atoms with Crippen LogP contribution < -0.4 is 0 Å². The summed E-state index contributed by atoms with van der Waals surface area (Å²) in [5.41, 5.74) is 7.72. The van der Waals surface area contributed by atoms with Crippen LogP contribution in [0.15, 0.2) is 109 Å². The molecule has 0 radical (unpaired) electrons. The molecule has 0 bridgehead atoms. The first-order chi connectivity index (χ1) is 15.7. The molecule has 0 heterocycles. The second-order valence-electron chi connectivity index (χ2n) is 8.40.